The highest BCUT2D eigenvalue weighted by Crippen LogP contribution is 2.36. The average molecular weight is 342 g/mol. The molecule has 0 spiro atoms. The van der Waals surface area contributed by atoms with E-state index in [1.807, 2.05) is 12.1 Å². The van der Waals surface area contributed by atoms with Gasteiger partial charge in [-0.3, -0.25) is 5.43 Å². The molecule has 0 radical (unpaired) electrons. The second kappa shape index (κ2) is 7.70. The highest BCUT2D eigenvalue weighted by Gasteiger charge is 2.24. The van der Waals surface area contributed by atoms with Gasteiger partial charge in [-0.15, -0.1) is 22.8 Å². The van der Waals surface area contributed by atoms with Crippen molar-refractivity contribution in [3.63, 3.8) is 0 Å². The average Bonchev–Trinajstić information content (AvgIpc) is 3.05. The van der Waals surface area contributed by atoms with Crippen molar-refractivity contribution in [1.29, 1.82) is 0 Å². The fraction of sp³-hybridized carbons (Fsp3) is 0.278. The van der Waals surface area contributed by atoms with Crippen molar-refractivity contribution in [3.05, 3.63) is 59.2 Å². The molecule has 0 aliphatic carbocycles. The number of anilines is 1. The molecular weight excluding hydrogens is 320 g/mol. The zero-order chi connectivity index (χ0) is 16.9. The Hall–Kier alpha value is -2.02. The molecule has 2 amide bonds. The molecule has 5 nitrogen and oxygen atoms in total. The number of carbonyl (C=O) groups is 1. The molecule has 2 aromatic rings. The van der Waals surface area contributed by atoms with Gasteiger partial charge in [-0.05, 0) is 35.6 Å². The van der Waals surface area contributed by atoms with Gasteiger partial charge in [0.1, 0.15) is 0 Å². The minimum atomic E-state index is -0.209. The van der Waals surface area contributed by atoms with Crippen LogP contribution in [0, 0.1) is 0 Å². The number of nitrogens with zero attached hydrogens (tertiary/aromatic N) is 1. The van der Waals surface area contributed by atoms with Crippen molar-refractivity contribution >= 4 is 23.5 Å². The lowest BCUT2D eigenvalue weighted by atomic mass is 10.1. The van der Waals surface area contributed by atoms with Crippen LogP contribution >= 0.6 is 11.8 Å². The van der Waals surface area contributed by atoms with Crippen LogP contribution in [-0.2, 0) is 18.6 Å². The van der Waals surface area contributed by atoms with Crippen LogP contribution in [0.5, 0.6) is 0 Å². The quantitative estimate of drug-likeness (QED) is 0.703. The minimum absolute atomic E-state index is 0.209. The van der Waals surface area contributed by atoms with Gasteiger partial charge in [-0.2, -0.15) is 0 Å². The van der Waals surface area contributed by atoms with E-state index in [1.165, 1.54) is 21.7 Å². The van der Waals surface area contributed by atoms with Crippen LogP contribution in [0.3, 0.4) is 0 Å². The molecule has 1 saturated heterocycles. The monoisotopic (exact) mass is 342 g/mol. The minimum Gasteiger partial charge on any atom is -0.257 e. The van der Waals surface area contributed by atoms with Gasteiger partial charge in [0.05, 0.1) is 5.69 Å². The largest absolute Gasteiger partial charge is 0.353 e. The van der Waals surface area contributed by atoms with E-state index < -0.39 is 0 Å². The van der Waals surface area contributed by atoms with Crippen LogP contribution in [0.15, 0.2) is 47.4 Å². The van der Waals surface area contributed by atoms with E-state index in [2.05, 4.69) is 60.7 Å². The summed E-state index contributed by atoms with van der Waals surface area (Å²) in [5.74, 6) is 0.886. The van der Waals surface area contributed by atoms with Gasteiger partial charge in [0.15, 0.2) is 0 Å². The first-order chi connectivity index (χ1) is 11.7. The van der Waals surface area contributed by atoms with Crippen LogP contribution < -0.4 is 21.5 Å². The number of amides is 2. The van der Waals surface area contributed by atoms with Crippen LogP contribution in [0.2, 0.25) is 0 Å². The molecule has 24 heavy (non-hydrogen) atoms. The summed E-state index contributed by atoms with van der Waals surface area (Å²) in [6.07, 6.45) is 1.95. The fourth-order valence-electron chi connectivity index (χ4n) is 2.80. The number of nitrogens with one attached hydrogen (secondary N) is 3. The van der Waals surface area contributed by atoms with E-state index in [0.717, 1.165) is 29.2 Å². The van der Waals surface area contributed by atoms with E-state index in [9.17, 15) is 4.79 Å². The number of urea groups is 1. The topological polar surface area (TPSA) is 56.4 Å². The van der Waals surface area contributed by atoms with Crippen LogP contribution in [-0.4, -0.2) is 6.03 Å². The Kier molecular flexibility index (Phi) is 5.40. The molecule has 1 aliphatic heterocycles. The van der Waals surface area contributed by atoms with Gasteiger partial charge >= 0.3 is 6.03 Å². The zero-order valence-corrected chi connectivity index (χ0v) is 14.7. The Labute approximate surface area is 146 Å². The van der Waals surface area contributed by atoms with E-state index in [4.69, 9.17) is 0 Å². The number of hydrogen-bond donors (Lipinski definition) is 3. The Bertz CT molecular complexity index is 735. The van der Waals surface area contributed by atoms with Crippen molar-refractivity contribution in [2.45, 2.75) is 37.3 Å². The van der Waals surface area contributed by atoms with E-state index >= 15 is 0 Å². The highest BCUT2D eigenvalue weighted by molar-refractivity contribution is 7.98. The summed E-state index contributed by atoms with van der Waals surface area (Å²) in [6, 6.07) is 14.4. The van der Waals surface area contributed by atoms with Gasteiger partial charge in [-0.1, -0.05) is 50.2 Å². The first-order valence-corrected chi connectivity index (χ1v) is 9.15. The van der Waals surface area contributed by atoms with Gasteiger partial charge in [0, 0.05) is 10.6 Å². The summed E-state index contributed by atoms with van der Waals surface area (Å²) < 4.78 is 0. The molecular formula is C18H22N4OS. The molecule has 0 saturated carbocycles. The lowest BCUT2D eigenvalue weighted by Crippen LogP contribution is -2.38. The highest BCUT2D eigenvalue weighted by atomic mass is 32.2. The third-order valence-electron chi connectivity index (χ3n) is 4.11. The lowest BCUT2D eigenvalue weighted by molar-refractivity contribution is 0.250. The number of aryl methyl sites for hydroxylation is 2. The Morgan fingerprint density at radius 3 is 2.33 bits per heavy atom. The summed E-state index contributed by atoms with van der Waals surface area (Å²) in [7, 11) is 0. The summed E-state index contributed by atoms with van der Waals surface area (Å²) >= 11 is 1.78. The summed E-state index contributed by atoms with van der Waals surface area (Å²) in [5.41, 5.74) is 12.9. The Balaban J connectivity index is 1.90. The molecule has 3 N–H and O–H groups in total. The molecule has 2 aromatic carbocycles. The van der Waals surface area contributed by atoms with E-state index in [-0.39, 0.29) is 6.03 Å². The van der Waals surface area contributed by atoms with Crippen LogP contribution in [0.25, 0.3) is 0 Å². The van der Waals surface area contributed by atoms with Crippen LogP contribution in [0.1, 0.15) is 30.5 Å². The molecule has 6 heteroatoms. The molecule has 0 bridgehead atoms. The maximum Gasteiger partial charge on any atom is 0.353 e. The second-order valence-corrected chi connectivity index (χ2v) is 6.52. The number of thioether (sulfide) groups is 1. The summed E-state index contributed by atoms with van der Waals surface area (Å²) in [6.45, 7) is 4.32. The SMILES string of the molecule is CCc1ccccc1CSc1c(CC)cccc1N1NNNC1=O. The molecule has 3 rings (SSSR count). The zero-order valence-electron chi connectivity index (χ0n) is 13.9. The Morgan fingerprint density at radius 2 is 1.67 bits per heavy atom. The number of hydrogen-bond acceptors (Lipinski definition) is 4. The normalized spacial score (nSPS) is 14.1. The van der Waals surface area contributed by atoms with Gasteiger partial charge in [-0.25, -0.2) is 9.80 Å². The molecule has 1 aliphatic rings. The lowest BCUT2D eigenvalue weighted by Gasteiger charge is -2.20. The fourth-order valence-corrected chi connectivity index (χ4v) is 4.09. The molecule has 0 aromatic heterocycles. The molecule has 0 atom stereocenters. The first kappa shape index (κ1) is 16.8. The number of carbonyl (C=O) groups excluding carboxylic acids is 1. The van der Waals surface area contributed by atoms with E-state index in [1.54, 1.807) is 11.8 Å². The second-order valence-electron chi connectivity index (χ2n) is 5.53. The number of rotatable bonds is 6. The number of benzene rings is 2. The van der Waals surface area contributed by atoms with Gasteiger partial charge < -0.3 is 0 Å². The smallest absolute Gasteiger partial charge is 0.257 e. The van der Waals surface area contributed by atoms with E-state index in [0.29, 0.717) is 0 Å². The van der Waals surface area contributed by atoms with Crippen molar-refractivity contribution in [2.75, 3.05) is 5.01 Å². The maximum atomic E-state index is 12.0. The first-order valence-electron chi connectivity index (χ1n) is 8.16. The van der Waals surface area contributed by atoms with Crippen molar-refractivity contribution in [3.8, 4) is 0 Å². The summed E-state index contributed by atoms with van der Waals surface area (Å²) in [5, 5.41) is 1.51. The molecule has 0 unspecified atom stereocenters. The van der Waals surface area contributed by atoms with Crippen molar-refractivity contribution in [2.24, 2.45) is 0 Å². The predicted molar refractivity (Wildman–Crippen MR) is 98.5 cm³/mol. The third kappa shape index (κ3) is 3.40. The number of hydrazine groups is 3. The molecule has 1 heterocycles. The van der Waals surface area contributed by atoms with Gasteiger partial charge in [0.2, 0.25) is 0 Å². The maximum absolute atomic E-state index is 12.0. The van der Waals surface area contributed by atoms with Gasteiger partial charge in [0.25, 0.3) is 0 Å². The molecule has 126 valence electrons. The molecule has 1 fully saturated rings. The van der Waals surface area contributed by atoms with Crippen molar-refractivity contribution in [1.82, 2.24) is 16.5 Å². The Morgan fingerprint density at radius 1 is 0.958 bits per heavy atom. The predicted octanol–water partition coefficient (Wildman–Crippen LogP) is 3.56. The van der Waals surface area contributed by atoms with Crippen LogP contribution in [0.4, 0.5) is 10.5 Å². The summed E-state index contributed by atoms with van der Waals surface area (Å²) in [4.78, 5) is 13.1. The third-order valence-corrected chi connectivity index (χ3v) is 5.32. The standard InChI is InChI=1S/C18H22N4OS/c1-3-13-8-5-6-9-15(13)12-24-17-14(4-2)10-7-11-16(17)22-18(23)19-20-21-22/h5-11,20-21H,3-4,12H2,1-2H3,(H,19,23). The van der Waals surface area contributed by atoms with Crippen molar-refractivity contribution < 1.29 is 4.79 Å².